The molecule has 1 aromatic rings. The molecular weight excluding hydrogens is 292 g/mol. The van der Waals surface area contributed by atoms with Gasteiger partial charge in [-0.25, -0.2) is 0 Å². The molecule has 0 aromatic heterocycles. The molecule has 3 unspecified atom stereocenters. The Morgan fingerprint density at radius 1 is 1.43 bits per heavy atom. The van der Waals surface area contributed by atoms with Crippen molar-refractivity contribution in [3.63, 3.8) is 0 Å². The predicted octanol–water partition coefficient (Wildman–Crippen LogP) is 1.36. The van der Waals surface area contributed by atoms with Gasteiger partial charge in [-0.05, 0) is 24.6 Å². The molecule has 1 aliphatic heterocycles. The maximum Gasteiger partial charge on any atom is 0.225 e. The number of carbonyl (C=O) groups is 2. The molecule has 2 N–H and O–H groups in total. The van der Waals surface area contributed by atoms with Crippen LogP contribution in [0, 0.1) is 5.92 Å². The second-order valence-electron chi connectivity index (χ2n) is 5.47. The summed E-state index contributed by atoms with van der Waals surface area (Å²) in [4.78, 5) is 25.1. The summed E-state index contributed by atoms with van der Waals surface area (Å²) in [5.41, 5.74) is 0.687. The van der Waals surface area contributed by atoms with Crippen LogP contribution in [0.3, 0.4) is 0 Å². The van der Waals surface area contributed by atoms with Gasteiger partial charge in [-0.15, -0.1) is 0 Å². The number of aliphatic hydroxyl groups is 1. The molecule has 0 bridgehead atoms. The largest absolute Gasteiger partial charge is 0.386 e. The molecule has 5 nitrogen and oxygen atoms in total. The van der Waals surface area contributed by atoms with E-state index in [-0.39, 0.29) is 24.2 Å². The Kier molecular flexibility index (Phi) is 4.85. The first-order chi connectivity index (χ1) is 9.88. The van der Waals surface area contributed by atoms with Gasteiger partial charge in [-0.1, -0.05) is 23.7 Å². The number of hydrogen-bond donors (Lipinski definition) is 2. The molecule has 6 heteroatoms. The smallest absolute Gasteiger partial charge is 0.225 e. The average Bonchev–Trinajstić information content (AvgIpc) is 2.79. The van der Waals surface area contributed by atoms with Gasteiger partial charge in [0.1, 0.15) is 0 Å². The van der Waals surface area contributed by atoms with Crippen LogP contribution in [0.25, 0.3) is 0 Å². The van der Waals surface area contributed by atoms with Crippen molar-refractivity contribution in [2.45, 2.75) is 25.5 Å². The molecule has 114 valence electrons. The van der Waals surface area contributed by atoms with Crippen LogP contribution in [0.1, 0.15) is 25.0 Å². The number of amides is 2. The van der Waals surface area contributed by atoms with Gasteiger partial charge in [-0.3, -0.25) is 9.59 Å². The lowest BCUT2D eigenvalue weighted by Crippen LogP contribution is -2.41. The van der Waals surface area contributed by atoms with Gasteiger partial charge in [-0.2, -0.15) is 0 Å². The van der Waals surface area contributed by atoms with Crippen LogP contribution in [0.15, 0.2) is 24.3 Å². The number of benzene rings is 1. The molecule has 1 aliphatic rings. The number of nitrogens with zero attached hydrogens (tertiary/aromatic N) is 1. The van der Waals surface area contributed by atoms with E-state index in [1.807, 2.05) is 0 Å². The van der Waals surface area contributed by atoms with E-state index in [1.165, 1.54) is 0 Å². The van der Waals surface area contributed by atoms with Gasteiger partial charge in [0, 0.05) is 25.0 Å². The Morgan fingerprint density at radius 2 is 2.05 bits per heavy atom. The van der Waals surface area contributed by atoms with E-state index < -0.39 is 12.1 Å². The molecule has 0 saturated carbocycles. The van der Waals surface area contributed by atoms with Crippen molar-refractivity contribution in [1.29, 1.82) is 0 Å². The third-order valence-electron chi connectivity index (χ3n) is 3.77. The Hall–Kier alpha value is -1.59. The van der Waals surface area contributed by atoms with Gasteiger partial charge in [0.15, 0.2) is 0 Å². The Balaban J connectivity index is 1.94. The van der Waals surface area contributed by atoms with Gasteiger partial charge >= 0.3 is 0 Å². The molecule has 2 rings (SSSR count). The lowest BCUT2D eigenvalue weighted by atomic mass is 10.0. The lowest BCUT2D eigenvalue weighted by molar-refractivity contribution is -0.128. The van der Waals surface area contributed by atoms with Crippen molar-refractivity contribution < 1.29 is 14.7 Å². The minimum absolute atomic E-state index is 0.0268. The highest BCUT2D eigenvalue weighted by molar-refractivity contribution is 6.30. The maximum atomic E-state index is 12.1. The minimum atomic E-state index is -0.818. The van der Waals surface area contributed by atoms with E-state index in [2.05, 4.69) is 5.32 Å². The number of likely N-dealkylation sites (tertiary alicyclic amines) is 1. The number of rotatable bonds is 4. The quantitative estimate of drug-likeness (QED) is 0.882. The zero-order valence-electron chi connectivity index (χ0n) is 12.0. The van der Waals surface area contributed by atoms with Crippen LogP contribution in [-0.2, 0) is 9.59 Å². The SMILES string of the molecule is CC(NC(=O)C1CC(=O)N(C)C1)C(O)c1ccc(Cl)cc1. The summed E-state index contributed by atoms with van der Waals surface area (Å²) in [5, 5.41) is 13.6. The van der Waals surface area contributed by atoms with E-state index in [0.717, 1.165) is 0 Å². The molecule has 1 saturated heterocycles. The van der Waals surface area contributed by atoms with E-state index in [1.54, 1.807) is 43.1 Å². The third-order valence-corrected chi connectivity index (χ3v) is 4.02. The Bertz CT molecular complexity index is 532. The van der Waals surface area contributed by atoms with E-state index in [0.29, 0.717) is 17.1 Å². The van der Waals surface area contributed by atoms with Crippen LogP contribution >= 0.6 is 11.6 Å². The molecule has 0 aliphatic carbocycles. The number of hydrogen-bond acceptors (Lipinski definition) is 3. The van der Waals surface area contributed by atoms with E-state index >= 15 is 0 Å². The van der Waals surface area contributed by atoms with Crippen LogP contribution < -0.4 is 5.32 Å². The fourth-order valence-electron chi connectivity index (χ4n) is 2.41. The molecule has 1 heterocycles. The van der Waals surface area contributed by atoms with Crippen molar-refractivity contribution in [2.24, 2.45) is 5.92 Å². The second-order valence-corrected chi connectivity index (χ2v) is 5.91. The van der Waals surface area contributed by atoms with Crippen molar-refractivity contribution in [1.82, 2.24) is 10.2 Å². The molecule has 2 amide bonds. The van der Waals surface area contributed by atoms with E-state index in [4.69, 9.17) is 11.6 Å². The zero-order chi connectivity index (χ0) is 15.6. The molecule has 0 radical (unpaired) electrons. The monoisotopic (exact) mass is 310 g/mol. The van der Waals surface area contributed by atoms with Gasteiger partial charge < -0.3 is 15.3 Å². The first-order valence-electron chi connectivity index (χ1n) is 6.86. The molecule has 0 spiro atoms. The van der Waals surface area contributed by atoms with Crippen LogP contribution in [0.4, 0.5) is 0 Å². The number of halogens is 1. The summed E-state index contributed by atoms with van der Waals surface area (Å²) in [6.45, 7) is 2.16. The molecule has 3 atom stereocenters. The Labute approximate surface area is 128 Å². The zero-order valence-corrected chi connectivity index (χ0v) is 12.8. The van der Waals surface area contributed by atoms with Crippen LogP contribution in [0.5, 0.6) is 0 Å². The molecular formula is C15H19ClN2O3. The summed E-state index contributed by atoms with van der Waals surface area (Å²) in [7, 11) is 1.68. The van der Waals surface area contributed by atoms with Crippen molar-refractivity contribution in [2.75, 3.05) is 13.6 Å². The van der Waals surface area contributed by atoms with Gasteiger partial charge in [0.2, 0.25) is 11.8 Å². The lowest BCUT2D eigenvalue weighted by Gasteiger charge is -2.22. The summed E-state index contributed by atoms with van der Waals surface area (Å²) >= 11 is 5.81. The summed E-state index contributed by atoms with van der Waals surface area (Å²) in [6, 6.07) is 6.39. The average molecular weight is 311 g/mol. The number of carbonyl (C=O) groups excluding carboxylic acids is 2. The first kappa shape index (κ1) is 15.8. The van der Waals surface area contributed by atoms with Crippen molar-refractivity contribution in [3.05, 3.63) is 34.9 Å². The summed E-state index contributed by atoms with van der Waals surface area (Å²) in [6.07, 6.45) is -0.590. The highest BCUT2D eigenvalue weighted by Crippen LogP contribution is 2.21. The standard InChI is InChI=1S/C15H19ClN2O3/c1-9(14(20)10-3-5-12(16)6-4-10)17-15(21)11-7-13(19)18(2)8-11/h3-6,9,11,14,20H,7-8H2,1-2H3,(H,17,21). The van der Waals surface area contributed by atoms with Gasteiger partial charge in [0.05, 0.1) is 18.1 Å². The molecule has 21 heavy (non-hydrogen) atoms. The van der Waals surface area contributed by atoms with Crippen LogP contribution in [0.2, 0.25) is 5.02 Å². The highest BCUT2D eigenvalue weighted by atomic mass is 35.5. The van der Waals surface area contributed by atoms with Crippen molar-refractivity contribution in [3.8, 4) is 0 Å². The maximum absolute atomic E-state index is 12.1. The number of nitrogens with one attached hydrogen (secondary N) is 1. The third kappa shape index (κ3) is 3.74. The topological polar surface area (TPSA) is 69.6 Å². The minimum Gasteiger partial charge on any atom is -0.386 e. The summed E-state index contributed by atoms with van der Waals surface area (Å²) in [5.74, 6) is -0.573. The Morgan fingerprint density at radius 3 is 2.57 bits per heavy atom. The highest BCUT2D eigenvalue weighted by Gasteiger charge is 2.33. The van der Waals surface area contributed by atoms with Crippen LogP contribution in [-0.4, -0.2) is 41.5 Å². The fraction of sp³-hybridized carbons (Fsp3) is 0.467. The second kappa shape index (κ2) is 6.45. The molecule has 1 aromatic carbocycles. The summed E-state index contributed by atoms with van der Waals surface area (Å²) < 4.78 is 0. The predicted molar refractivity (Wildman–Crippen MR) is 79.8 cm³/mol. The first-order valence-corrected chi connectivity index (χ1v) is 7.24. The van der Waals surface area contributed by atoms with Crippen molar-refractivity contribution >= 4 is 23.4 Å². The normalized spacial score (nSPS) is 21.2. The molecule has 1 fully saturated rings. The van der Waals surface area contributed by atoms with Gasteiger partial charge in [0.25, 0.3) is 0 Å². The number of aliphatic hydroxyl groups excluding tert-OH is 1. The fourth-order valence-corrected chi connectivity index (χ4v) is 2.53. The van der Waals surface area contributed by atoms with E-state index in [9.17, 15) is 14.7 Å².